The van der Waals surface area contributed by atoms with Crippen LogP contribution in [0.15, 0.2) is 42.6 Å². The van der Waals surface area contributed by atoms with Crippen LogP contribution >= 0.6 is 0 Å². The summed E-state index contributed by atoms with van der Waals surface area (Å²) in [5.74, 6) is 0.561. The molecule has 3 nitrogen and oxygen atoms in total. The molecule has 1 aromatic carbocycles. The maximum absolute atomic E-state index is 13.0. The number of benzene rings is 1. The largest absolute Gasteiger partial charge is 0.497 e. The van der Waals surface area contributed by atoms with Gasteiger partial charge in [0.2, 0.25) is 0 Å². The van der Waals surface area contributed by atoms with Crippen LogP contribution in [0.25, 0.3) is 0 Å². The van der Waals surface area contributed by atoms with Gasteiger partial charge in [-0.05, 0) is 49.2 Å². The molecule has 0 radical (unpaired) electrons. The van der Waals surface area contributed by atoms with E-state index >= 15 is 0 Å². The van der Waals surface area contributed by atoms with Gasteiger partial charge < -0.3 is 10.1 Å². The summed E-state index contributed by atoms with van der Waals surface area (Å²) in [6.45, 7) is 2.91. The van der Waals surface area contributed by atoms with Gasteiger partial charge in [0, 0.05) is 6.04 Å². The first-order chi connectivity index (χ1) is 10.2. The second kappa shape index (κ2) is 7.74. The minimum absolute atomic E-state index is 0.137. The first kappa shape index (κ1) is 15.4. The number of rotatable bonds is 7. The normalized spacial score (nSPS) is 12.1. The number of hydrogen-bond donors (Lipinski definition) is 1. The lowest BCUT2D eigenvalue weighted by molar-refractivity contribution is 0.414. The fourth-order valence-electron chi connectivity index (χ4n) is 2.30. The minimum atomic E-state index is -0.302. The van der Waals surface area contributed by atoms with Gasteiger partial charge in [-0.2, -0.15) is 0 Å². The Bertz CT molecular complexity index is 540. The second-order valence-corrected chi connectivity index (χ2v) is 4.90. The number of nitrogens with zero attached hydrogens (tertiary/aromatic N) is 1. The van der Waals surface area contributed by atoms with Gasteiger partial charge in [0.25, 0.3) is 0 Å². The van der Waals surface area contributed by atoms with E-state index in [0.29, 0.717) is 0 Å². The minimum Gasteiger partial charge on any atom is -0.497 e. The summed E-state index contributed by atoms with van der Waals surface area (Å²) in [7, 11) is 1.66. The molecule has 1 unspecified atom stereocenters. The van der Waals surface area contributed by atoms with Crippen molar-refractivity contribution in [1.82, 2.24) is 10.3 Å². The number of nitrogens with one attached hydrogen (secondary N) is 1. The second-order valence-electron chi connectivity index (χ2n) is 4.90. The maximum atomic E-state index is 13.0. The first-order valence-corrected chi connectivity index (χ1v) is 7.20. The van der Waals surface area contributed by atoms with Gasteiger partial charge in [0.05, 0.1) is 19.0 Å². The molecular formula is C17H21FN2O. The standard InChI is InChI=1S/C17H21FN2O/c1-3-19-16(17-11-7-14(18)12-20-17)10-6-13-4-8-15(21-2)9-5-13/h4-5,7-9,11-12,16,19H,3,6,10H2,1-2H3. The molecule has 0 aliphatic heterocycles. The lowest BCUT2D eigenvalue weighted by Crippen LogP contribution is -2.22. The third-order valence-electron chi connectivity index (χ3n) is 3.44. The van der Waals surface area contributed by atoms with Crippen molar-refractivity contribution in [2.24, 2.45) is 0 Å². The molecule has 0 aliphatic rings. The quantitative estimate of drug-likeness (QED) is 0.846. The Kier molecular flexibility index (Phi) is 5.69. The molecule has 0 amide bonds. The molecule has 0 spiro atoms. The van der Waals surface area contributed by atoms with Crippen molar-refractivity contribution < 1.29 is 9.13 Å². The fraction of sp³-hybridized carbons (Fsp3) is 0.353. The number of hydrogen-bond acceptors (Lipinski definition) is 3. The van der Waals surface area contributed by atoms with Gasteiger partial charge in [-0.15, -0.1) is 0 Å². The molecule has 0 aliphatic carbocycles. The molecule has 0 saturated carbocycles. The van der Waals surface area contributed by atoms with Crippen LogP contribution in [0.3, 0.4) is 0 Å². The van der Waals surface area contributed by atoms with Crippen molar-refractivity contribution in [3.8, 4) is 5.75 Å². The lowest BCUT2D eigenvalue weighted by atomic mass is 10.0. The number of aromatic nitrogens is 1. The van der Waals surface area contributed by atoms with Gasteiger partial charge >= 0.3 is 0 Å². The van der Waals surface area contributed by atoms with Crippen LogP contribution in [0.4, 0.5) is 4.39 Å². The van der Waals surface area contributed by atoms with Gasteiger partial charge in [0.1, 0.15) is 11.6 Å². The molecular weight excluding hydrogens is 267 g/mol. The van der Waals surface area contributed by atoms with E-state index in [0.717, 1.165) is 30.8 Å². The zero-order valence-electron chi connectivity index (χ0n) is 12.5. The number of ether oxygens (including phenoxy) is 1. The van der Waals surface area contributed by atoms with Crippen LogP contribution in [-0.2, 0) is 6.42 Å². The summed E-state index contributed by atoms with van der Waals surface area (Å²) >= 11 is 0. The number of halogens is 1. The van der Waals surface area contributed by atoms with Crippen LogP contribution in [0.1, 0.15) is 30.6 Å². The SMILES string of the molecule is CCNC(CCc1ccc(OC)cc1)c1ccc(F)cn1. The monoisotopic (exact) mass is 288 g/mol. The van der Waals surface area contributed by atoms with Crippen molar-refractivity contribution in [2.75, 3.05) is 13.7 Å². The number of pyridine rings is 1. The topological polar surface area (TPSA) is 34.1 Å². The first-order valence-electron chi connectivity index (χ1n) is 7.20. The summed E-state index contributed by atoms with van der Waals surface area (Å²) in [5.41, 5.74) is 2.13. The Morgan fingerprint density at radius 1 is 1.19 bits per heavy atom. The Labute approximate surface area is 125 Å². The van der Waals surface area contributed by atoms with Crippen molar-refractivity contribution in [3.63, 3.8) is 0 Å². The maximum Gasteiger partial charge on any atom is 0.141 e. The Morgan fingerprint density at radius 3 is 2.52 bits per heavy atom. The van der Waals surface area contributed by atoms with Crippen molar-refractivity contribution >= 4 is 0 Å². The van der Waals surface area contributed by atoms with E-state index in [9.17, 15) is 4.39 Å². The van der Waals surface area contributed by atoms with Crippen molar-refractivity contribution in [2.45, 2.75) is 25.8 Å². The highest BCUT2D eigenvalue weighted by molar-refractivity contribution is 5.27. The summed E-state index contributed by atoms with van der Waals surface area (Å²) in [6, 6.07) is 11.4. The van der Waals surface area contributed by atoms with E-state index < -0.39 is 0 Å². The van der Waals surface area contributed by atoms with Gasteiger partial charge in [0.15, 0.2) is 0 Å². The lowest BCUT2D eigenvalue weighted by Gasteiger charge is -2.17. The Hall–Kier alpha value is -1.94. The Morgan fingerprint density at radius 2 is 1.95 bits per heavy atom. The molecule has 2 rings (SSSR count). The average molecular weight is 288 g/mol. The summed E-state index contributed by atoms with van der Waals surface area (Å²) in [4.78, 5) is 4.18. The Balaban J connectivity index is 2.00. The molecule has 4 heteroatoms. The molecule has 21 heavy (non-hydrogen) atoms. The summed E-state index contributed by atoms with van der Waals surface area (Å²) in [6.07, 6.45) is 3.12. The summed E-state index contributed by atoms with van der Waals surface area (Å²) in [5, 5.41) is 3.40. The van der Waals surface area contributed by atoms with E-state index in [1.165, 1.54) is 17.8 Å². The molecule has 0 saturated heterocycles. The summed E-state index contributed by atoms with van der Waals surface area (Å²) < 4.78 is 18.1. The highest BCUT2D eigenvalue weighted by Crippen LogP contribution is 2.19. The van der Waals surface area contributed by atoms with Gasteiger partial charge in [-0.3, -0.25) is 4.98 Å². The van der Waals surface area contributed by atoms with Crippen LogP contribution in [0.2, 0.25) is 0 Å². The number of methoxy groups -OCH3 is 1. The van der Waals surface area contributed by atoms with E-state index in [2.05, 4.69) is 29.4 Å². The van der Waals surface area contributed by atoms with Crippen molar-refractivity contribution in [3.05, 3.63) is 59.7 Å². The van der Waals surface area contributed by atoms with Crippen LogP contribution < -0.4 is 10.1 Å². The third-order valence-corrected chi connectivity index (χ3v) is 3.44. The molecule has 1 aromatic heterocycles. The zero-order valence-corrected chi connectivity index (χ0v) is 12.5. The van der Waals surface area contributed by atoms with E-state index in [-0.39, 0.29) is 11.9 Å². The molecule has 0 bridgehead atoms. The molecule has 0 fully saturated rings. The fourth-order valence-corrected chi connectivity index (χ4v) is 2.30. The smallest absolute Gasteiger partial charge is 0.141 e. The molecule has 1 N–H and O–H groups in total. The van der Waals surface area contributed by atoms with E-state index in [1.807, 2.05) is 12.1 Å². The van der Waals surface area contributed by atoms with E-state index in [4.69, 9.17) is 4.74 Å². The average Bonchev–Trinajstić information content (AvgIpc) is 2.53. The highest BCUT2D eigenvalue weighted by Gasteiger charge is 2.12. The van der Waals surface area contributed by atoms with E-state index in [1.54, 1.807) is 13.2 Å². The van der Waals surface area contributed by atoms with Crippen LogP contribution in [-0.4, -0.2) is 18.6 Å². The van der Waals surface area contributed by atoms with Crippen LogP contribution in [0.5, 0.6) is 5.75 Å². The van der Waals surface area contributed by atoms with Crippen LogP contribution in [0, 0.1) is 5.82 Å². The molecule has 1 heterocycles. The predicted molar refractivity (Wildman–Crippen MR) is 81.9 cm³/mol. The van der Waals surface area contributed by atoms with Gasteiger partial charge in [-0.1, -0.05) is 19.1 Å². The highest BCUT2D eigenvalue weighted by atomic mass is 19.1. The number of aryl methyl sites for hydroxylation is 1. The predicted octanol–water partition coefficient (Wildman–Crippen LogP) is 3.51. The zero-order chi connectivity index (χ0) is 15.1. The molecule has 1 atom stereocenters. The third kappa shape index (κ3) is 4.53. The van der Waals surface area contributed by atoms with Crippen molar-refractivity contribution in [1.29, 1.82) is 0 Å². The van der Waals surface area contributed by atoms with Gasteiger partial charge in [-0.25, -0.2) is 4.39 Å². The molecule has 112 valence electrons. The molecule has 2 aromatic rings.